The van der Waals surface area contributed by atoms with Crippen molar-refractivity contribution in [3.05, 3.63) is 166 Å². The second-order valence-corrected chi connectivity index (χ2v) is 33.1. The number of nitrogens with one attached hydrogen (secondary N) is 1. The molecule has 4 aliphatic heterocycles. The van der Waals surface area contributed by atoms with Crippen LogP contribution in [0.15, 0.2) is 133 Å². The Kier molecular flexibility index (Phi) is 28.7. The largest absolute Gasteiger partial charge is 0.481 e. The number of benzene rings is 4. The second-order valence-electron chi connectivity index (χ2n) is 33.1. The van der Waals surface area contributed by atoms with Crippen molar-refractivity contribution in [2.75, 3.05) is 171 Å². The zero-order valence-corrected chi connectivity index (χ0v) is 65.6. The molecule has 8 N–H and O–H groups in total. The van der Waals surface area contributed by atoms with E-state index in [1.165, 1.54) is 113 Å². The molecule has 1 amide bonds. The van der Waals surface area contributed by atoms with Crippen LogP contribution < -0.4 is 32.3 Å². The van der Waals surface area contributed by atoms with Crippen LogP contribution in [0.4, 0.5) is 22.7 Å². The molecular formula is C84H136N12O3+6. The van der Waals surface area contributed by atoms with E-state index in [0.717, 1.165) is 114 Å². The Morgan fingerprint density at radius 1 is 0.465 bits per heavy atom. The molecule has 0 atom stereocenters. The molecule has 0 radical (unpaired) electrons. The zero-order chi connectivity index (χ0) is 73.4. The van der Waals surface area contributed by atoms with Crippen LogP contribution in [0.1, 0.15) is 154 Å². The number of amides is 1. The van der Waals surface area contributed by atoms with Crippen LogP contribution in [0.25, 0.3) is 0 Å². The summed E-state index contributed by atoms with van der Waals surface area (Å²) in [6.45, 7) is 42.5. The molecule has 15 nitrogen and oxygen atoms in total. The van der Waals surface area contributed by atoms with Crippen molar-refractivity contribution in [1.82, 2.24) is 5.32 Å². The van der Waals surface area contributed by atoms with E-state index in [2.05, 4.69) is 279 Å². The Labute approximate surface area is 600 Å². The van der Waals surface area contributed by atoms with E-state index in [4.69, 9.17) is 17.2 Å². The quantitative estimate of drug-likeness (QED) is 0.0179. The molecule has 99 heavy (non-hydrogen) atoms. The highest BCUT2D eigenvalue weighted by Gasteiger charge is 2.47. The lowest BCUT2D eigenvalue weighted by Gasteiger charge is -2.33. The summed E-state index contributed by atoms with van der Waals surface area (Å²) in [6.07, 6.45) is 20.7. The number of para-hydroxylation sites is 4. The SMILES string of the molecule is CC[N+]1=C(C=CC=C2N(CCC(=O)NCCC[N+](C)(C)CCC[N+](C)(C)CCCN)c3ccccc3C2(C)C)C(C)(C)c2cccc(C)c21.CC[N+]1=C(C=CC=C2N(CCC(=O)O)c3ccccc3C2(C)C)C(C)(C)c2cccc(C)c21.C[N+](C)(CCCN)CCC[N+](C)(C)CCCN. The summed E-state index contributed by atoms with van der Waals surface area (Å²) in [4.78, 5) is 29.0. The lowest BCUT2D eigenvalue weighted by atomic mass is 9.80. The van der Waals surface area contributed by atoms with Gasteiger partial charge in [0, 0.05) is 133 Å². The molecule has 4 aliphatic rings. The van der Waals surface area contributed by atoms with Crippen LogP contribution >= 0.6 is 0 Å². The lowest BCUT2D eigenvalue weighted by Crippen LogP contribution is -2.46. The fourth-order valence-electron chi connectivity index (χ4n) is 15.8. The average molecular weight is 1360 g/mol. The summed E-state index contributed by atoms with van der Waals surface area (Å²) in [5, 5.41) is 12.5. The number of hydrogen-bond donors (Lipinski definition) is 5. The zero-order valence-electron chi connectivity index (χ0n) is 65.6. The number of aliphatic carboxylic acids is 1. The third-order valence-corrected chi connectivity index (χ3v) is 21.8. The molecule has 0 saturated heterocycles. The first-order chi connectivity index (χ1) is 46.5. The number of carbonyl (C=O) groups is 2. The third kappa shape index (κ3) is 20.6. The Bertz CT molecular complexity index is 3550. The van der Waals surface area contributed by atoms with Crippen molar-refractivity contribution in [3.8, 4) is 0 Å². The maximum atomic E-state index is 13.1. The molecule has 0 saturated carbocycles. The van der Waals surface area contributed by atoms with E-state index >= 15 is 0 Å². The van der Waals surface area contributed by atoms with Gasteiger partial charge in [0.1, 0.15) is 13.1 Å². The minimum atomic E-state index is -0.776. The third-order valence-electron chi connectivity index (χ3n) is 21.8. The number of anilines is 2. The first-order valence-electron chi connectivity index (χ1n) is 37.4. The van der Waals surface area contributed by atoms with E-state index in [9.17, 15) is 14.7 Å². The summed E-state index contributed by atoms with van der Waals surface area (Å²) < 4.78 is 9.09. The topological polar surface area (TPSA) is 157 Å². The summed E-state index contributed by atoms with van der Waals surface area (Å²) >= 11 is 0. The number of carboxylic acids is 1. The van der Waals surface area contributed by atoms with Gasteiger partial charge in [0.2, 0.25) is 17.3 Å². The van der Waals surface area contributed by atoms with Crippen molar-refractivity contribution in [2.24, 2.45) is 17.2 Å². The van der Waals surface area contributed by atoms with Crippen LogP contribution in [-0.2, 0) is 31.2 Å². The van der Waals surface area contributed by atoms with Crippen molar-refractivity contribution in [2.45, 2.75) is 156 Å². The highest BCUT2D eigenvalue weighted by atomic mass is 16.4. The van der Waals surface area contributed by atoms with Gasteiger partial charge in [-0.15, -0.1) is 0 Å². The van der Waals surface area contributed by atoms with Crippen LogP contribution in [0.2, 0.25) is 0 Å². The molecule has 0 spiro atoms. The Morgan fingerprint density at radius 2 is 0.798 bits per heavy atom. The number of fused-ring (bicyclic) bond motifs is 4. The van der Waals surface area contributed by atoms with Crippen molar-refractivity contribution in [3.63, 3.8) is 0 Å². The smallest absolute Gasteiger partial charge is 0.305 e. The molecule has 0 unspecified atom stereocenters. The van der Waals surface area contributed by atoms with Gasteiger partial charge in [-0.2, -0.15) is 9.15 Å². The highest BCUT2D eigenvalue weighted by molar-refractivity contribution is 6.04. The van der Waals surface area contributed by atoms with Gasteiger partial charge in [0.25, 0.3) is 0 Å². The van der Waals surface area contributed by atoms with E-state index < -0.39 is 5.97 Å². The number of hydrogen-bond acceptors (Lipinski definition) is 7. The van der Waals surface area contributed by atoms with E-state index in [1.54, 1.807) is 0 Å². The number of rotatable bonds is 33. The Morgan fingerprint density at radius 3 is 1.15 bits per heavy atom. The molecule has 0 aromatic heterocycles. The average Bonchev–Trinajstić information content (AvgIpc) is 1.62. The molecule has 0 aliphatic carbocycles. The fourth-order valence-corrected chi connectivity index (χ4v) is 15.8. The van der Waals surface area contributed by atoms with Crippen molar-refractivity contribution < 1.29 is 41.8 Å². The van der Waals surface area contributed by atoms with Gasteiger partial charge < -0.3 is 55.4 Å². The molecule has 0 fully saturated rings. The number of allylic oxidation sites excluding steroid dienone is 8. The molecule has 4 heterocycles. The lowest BCUT2D eigenvalue weighted by molar-refractivity contribution is -0.909. The number of aryl methyl sites for hydroxylation is 2. The monoisotopic (exact) mass is 1360 g/mol. The van der Waals surface area contributed by atoms with Gasteiger partial charge in [-0.05, 0) is 110 Å². The summed E-state index contributed by atoms with van der Waals surface area (Å²) in [5.41, 5.74) is 34.2. The minimum absolute atomic E-state index is 0.0763. The van der Waals surface area contributed by atoms with Crippen molar-refractivity contribution >= 4 is 46.0 Å². The normalized spacial score (nSPS) is 17.5. The molecule has 4 aromatic rings. The number of carboxylic acid groups (broad SMARTS) is 1. The minimum Gasteiger partial charge on any atom is -0.481 e. The Balaban J connectivity index is 0.000000265. The van der Waals surface area contributed by atoms with Crippen LogP contribution in [0.5, 0.6) is 0 Å². The fraction of sp³-hybridized carbons (Fsp3) is 0.571. The van der Waals surface area contributed by atoms with Gasteiger partial charge in [0.05, 0.1) is 126 Å². The van der Waals surface area contributed by atoms with E-state index in [0.29, 0.717) is 19.5 Å². The first-order valence-corrected chi connectivity index (χ1v) is 37.4. The summed E-state index contributed by atoms with van der Waals surface area (Å²) in [6, 6.07) is 30.3. The van der Waals surface area contributed by atoms with Gasteiger partial charge in [-0.3, -0.25) is 9.59 Å². The number of nitrogens with zero attached hydrogens (tertiary/aromatic N) is 8. The van der Waals surface area contributed by atoms with Gasteiger partial charge in [0.15, 0.2) is 11.4 Å². The molecule has 8 rings (SSSR count). The van der Waals surface area contributed by atoms with E-state index in [1.807, 2.05) is 6.07 Å². The first kappa shape index (κ1) is 81.4. The molecule has 4 aromatic carbocycles. The second kappa shape index (κ2) is 34.9. The number of quaternary nitrogens is 4. The number of carbonyl (C=O) groups excluding carboxylic acids is 1. The summed E-state index contributed by atoms with van der Waals surface area (Å²) in [7, 11) is 18.4. The predicted molar refractivity (Wildman–Crippen MR) is 420 cm³/mol. The van der Waals surface area contributed by atoms with Crippen LogP contribution in [0.3, 0.4) is 0 Å². The number of nitrogens with two attached hydrogens (primary N) is 3. The molecule has 15 heteroatoms. The highest BCUT2D eigenvalue weighted by Crippen LogP contribution is 2.50. The Hall–Kier alpha value is -6.56. The van der Waals surface area contributed by atoms with Crippen LogP contribution in [-0.4, -0.2) is 217 Å². The molecular weight excluding hydrogens is 1230 g/mol. The molecule has 0 bridgehead atoms. The summed E-state index contributed by atoms with van der Waals surface area (Å²) in [5.74, 6) is -0.654. The van der Waals surface area contributed by atoms with Crippen molar-refractivity contribution in [1.29, 1.82) is 0 Å². The predicted octanol–water partition coefficient (Wildman–Crippen LogP) is 12.7. The maximum absolute atomic E-state index is 13.1. The van der Waals surface area contributed by atoms with E-state index in [-0.39, 0.29) is 34.0 Å². The standard InChI is InChI=1S/C42H66N6O.C29H34N2O2.C13H34N4/c1-11-45-37(42(5,6)35-21-14-19-33(2)40(35)45)23-15-24-38-41(3,4)34-20-12-13-22-36(34)46(38)28-25-39(49)44-27-17-30-48(9,10)32-18-31-47(7,8)29-16-26-43;1-7-30-24(29(5,6)22-14-10-12-20(2)27(22)30)16-11-17-25-28(3,4)21-13-8-9-15-23(21)31(25)19-18-26(32)33;1-16(2,10-5-8-14)12-7-13-17(3,4)11-6-9-15/h12-15,19-24H,11,16-18,25-32,43H2,1-10H3;8-17H,7,18-19H2,1-6H3;5-15H2,1-4H3/q+2;;+2/p+2. The van der Waals surface area contributed by atoms with Crippen LogP contribution in [0, 0.1) is 13.8 Å². The molecule has 544 valence electrons. The maximum Gasteiger partial charge on any atom is 0.305 e. The van der Waals surface area contributed by atoms with Gasteiger partial charge in [-0.1, -0.05) is 113 Å². The van der Waals surface area contributed by atoms with Gasteiger partial charge in [-0.25, -0.2) is 0 Å². The van der Waals surface area contributed by atoms with Gasteiger partial charge >= 0.3 is 5.97 Å².